The topological polar surface area (TPSA) is 17.1 Å². The van der Waals surface area contributed by atoms with E-state index in [0.29, 0.717) is 5.56 Å². The third kappa shape index (κ3) is 2.01. The summed E-state index contributed by atoms with van der Waals surface area (Å²) in [6.07, 6.45) is 0. The molecule has 1 nitrogen and oxygen atoms in total. The first kappa shape index (κ1) is 13.6. The number of aryl methyl sites for hydroxylation is 1. The molecule has 17 heavy (non-hydrogen) atoms. The number of halogens is 2. The standard InChI is InChI=1S/C12H12Cl2OS2/c1-7-4-5-9-8(6-7)10(15)12(13,17-14)11(2,3)16-9/h4-6H,1-3H3. The third-order valence-electron chi connectivity index (χ3n) is 2.92. The molecule has 0 bridgehead atoms. The molecule has 1 unspecified atom stereocenters. The smallest absolute Gasteiger partial charge is 0.197 e. The SMILES string of the molecule is Cc1ccc2c(c1)C(=O)C(Cl)(SCl)C(C)(C)S2. The Morgan fingerprint density at radius 1 is 1.35 bits per heavy atom. The van der Waals surface area contributed by atoms with E-state index in [1.165, 1.54) is 0 Å². The maximum absolute atomic E-state index is 12.5. The lowest BCUT2D eigenvalue weighted by molar-refractivity contribution is 0.0959. The molecule has 2 rings (SSSR count). The van der Waals surface area contributed by atoms with Crippen molar-refractivity contribution in [1.82, 2.24) is 0 Å². The molecule has 0 N–H and O–H groups in total. The van der Waals surface area contributed by atoms with Crippen LogP contribution >= 0.6 is 45.0 Å². The zero-order valence-electron chi connectivity index (χ0n) is 9.71. The van der Waals surface area contributed by atoms with E-state index in [9.17, 15) is 4.79 Å². The van der Waals surface area contributed by atoms with Crippen molar-refractivity contribution in [2.75, 3.05) is 0 Å². The number of carbonyl (C=O) groups excluding carboxylic acids is 1. The quantitative estimate of drug-likeness (QED) is 0.688. The number of ketones is 1. The zero-order valence-corrected chi connectivity index (χ0v) is 12.9. The van der Waals surface area contributed by atoms with E-state index in [1.807, 2.05) is 39.0 Å². The first-order valence-corrected chi connectivity index (χ1v) is 7.98. The van der Waals surface area contributed by atoms with Gasteiger partial charge in [0.05, 0.1) is 4.75 Å². The van der Waals surface area contributed by atoms with Gasteiger partial charge in [-0.05, 0) is 54.6 Å². The minimum atomic E-state index is -1.11. The Morgan fingerprint density at radius 3 is 2.59 bits per heavy atom. The number of alkyl halides is 1. The van der Waals surface area contributed by atoms with Gasteiger partial charge in [-0.15, -0.1) is 11.8 Å². The van der Waals surface area contributed by atoms with Crippen molar-refractivity contribution in [3.05, 3.63) is 29.3 Å². The average molecular weight is 307 g/mol. The maximum Gasteiger partial charge on any atom is 0.197 e. The van der Waals surface area contributed by atoms with Crippen LogP contribution < -0.4 is 0 Å². The van der Waals surface area contributed by atoms with Crippen LogP contribution in [0.25, 0.3) is 0 Å². The summed E-state index contributed by atoms with van der Waals surface area (Å²) in [5.74, 6) is -0.0957. The number of rotatable bonds is 1. The van der Waals surface area contributed by atoms with Gasteiger partial charge in [0.2, 0.25) is 0 Å². The van der Waals surface area contributed by atoms with Crippen LogP contribution in [-0.4, -0.2) is 14.7 Å². The van der Waals surface area contributed by atoms with Gasteiger partial charge in [-0.2, -0.15) is 0 Å². The fourth-order valence-corrected chi connectivity index (χ4v) is 4.76. The second-order valence-corrected chi connectivity index (χ2v) is 8.30. The number of thioether (sulfide) groups is 1. The Labute approximate surface area is 119 Å². The van der Waals surface area contributed by atoms with Gasteiger partial charge in [0.25, 0.3) is 0 Å². The van der Waals surface area contributed by atoms with Crippen LogP contribution in [0, 0.1) is 6.92 Å². The largest absolute Gasteiger partial charge is 0.291 e. The lowest BCUT2D eigenvalue weighted by Crippen LogP contribution is -2.48. The summed E-state index contributed by atoms with van der Waals surface area (Å²) in [5.41, 5.74) is 1.73. The van der Waals surface area contributed by atoms with Gasteiger partial charge < -0.3 is 0 Å². The highest BCUT2D eigenvalue weighted by molar-refractivity contribution is 8.24. The molecule has 1 aromatic carbocycles. The fraction of sp³-hybridized carbons (Fsp3) is 0.417. The summed E-state index contributed by atoms with van der Waals surface area (Å²) < 4.78 is -1.56. The number of hydrogen-bond acceptors (Lipinski definition) is 3. The number of fused-ring (bicyclic) bond motifs is 1. The molecular formula is C12H12Cl2OS2. The fourth-order valence-electron chi connectivity index (χ4n) is 1.83. The number of benzene rings is 1. The van der Waals surface area contributed by atoms with Gasteiger partial charge in [0.15, 0.2) is 9.99 Å². The van der Waals surface area contributed by atoms with Gasteiger partial charge in [0.1, 0.15) is 0 Å². The molecular weight excluding hydrogens is 295 g/mol. The molecule has 1 aromatic rings. The molecule has 0 aliphatic carbocycles. The monoisotopic (exact) mass is 306 g/mol. The molecule has 1 atom stereocenters. The Bertz CT molecular complexity index is 487. The summed E-state index contributed by atoms with van der Waals surface area (Å²) in [6.45, 7) is 5.85. The van der Waals surface area contributed by atoms with Gasteiger partial charge >= 0.3 is 0 Å². The molecule has 1 aliphatic rings. The molecule has 0 radical (unpaired) electrons. The van der Waals surface area contributed by atoms with Crippen LogP contribution in [-0.2, 0) is 0 Å². The second kappa shape index (κ2) is 4.37. The van der Waals surface area contributed by atoms with Crippen LogP contribution in [0.1, 0.15) is 29.8 Å². The van der Waals surface area contributed by atoms with Crippen LogP contribution in [0.4, 0.5) is 0 Å². The van der Waals surface area contributed by atoms with E-state index in [0.717, 1.165) is 21.4 Å². The first-order chi connectivity index (χ1) is 7.82. The van der Waals surface area contributed by atoms with Crippen LogP contribution in [0.15, 0.2) is 23.1 Å². The Kier molecular flexibility index (Phi) is 3.50. The summed E-state index contributed by atoms with van der Waals surface area (Å²) in [7, 11) is 6.76. The van der Waals surface area contributed by atoms with Gasteiger partial charge in [-0.3, -0.25) is 4.79 Å². The van der Waals surface area contributed by atoms with Crippen molar-refractivity contribution in [2.24, 2.45) is 0 Å². The Hall–Kier alpha value is 0.170. The van der Waals surface area contributed by atoms with E-state index in [4.69, 9.17) is 22.3 Å². The predicted octanol–water partition coefficient (Wildman–Crippen LogP) is 4.88. The molecule has 0 fully saturated rings. The number of hydrogen-bond donors (Lipinski definition) is 0. The molecule has 0 spiro atoms. The average Bonchev–Trinajstić information content (AvgIpc) is 2.27. The van der Waals surface area contributed by atoms with E-state index in [1.54, 1.807) is 11.8 Å². The first-order valence-electron chi connectivity index (χ1n) is 5.15. The normalized spacial score (nSPS) is 26.8. The van der Waals surface area contributed by atoms with Crippen molar-refractivity contribution in [3.63, 3.8) is 0 Å². The molecule has 0 amide bonds. The molecule has 0 aromatic heterocycles. The molecule has 0 saturated carbocycles. The van der Waals surface area contributed by atoms with Gasteiger partial charge in [0, 0.05) is 10.5 Å². The van der Waals surface area contributed by atoms with Crippen LogP contribution in [0.5, 0.6) is 0 Å². The van der Waals surface area contributed by atoms with Crippen molar-refractivity contribution in [2.45, 2.75) is 34.6 Å². The zero-order chi connectivity index (χ0) is 12.8. The summed E-state index contributed by atoms with van der Waals surface area (Å²) in [6, 6.07) is 5.86. The van der Waals surface area contributed by atoms with Crippen LogP contribution in [0.3, 0.4) is 0 Å². The van der Waals surface area contributed by atoms with E-state index in [-0.39, 0.29) is 5.78 Å². The second-order valence-electron chi connectivity index (χ2n) is 4.61. The van der Waals surface area contributed by atoms with Crippen molar-refractivity contribution >= 4 is 50.8 Å². The maximum atomic E-state index is 12.5. The minimum absolute atomic E-state index is 0.0957. The molecule has 0 saturated heterocycles. The molecule has 1 aliphatic heterocycles. The molecule has 1 heterocycles. The van der Waals surface area contributed by atoms with Crippen molar-refractivity contribution < 1.29 is 4.79 Å². The number of Topliss-reactive ketones (excluding diaryl/α,β-unsaturated/α-hetero) is 1. The lowest BCUT2D eigenvalue weighted by atomic mass is 9.97. The van der Waals surface area contributed by atoms with Crippen molar-refractivity contribution in [1.29, 1.82) is 0 Å². The van der Waals surface area contributed by atoms with Crippen LogP contribution in [0.2, 0.25) is 0 Å². The van der Waals surface area contributed by atoms with Gasteiger partial charge in [-0.25, -0.2) is 0 Å². The highest BCUT2D eigenvalue weighted by Crippen LogP contribution is 2.57. The van der Waals surface area contributed by atoms with E-state index >= 15 is 0 Å². The Balaban J connectivity index is 2.63. The van der Waals surface area contributed by atoms with Gasteiger partial charge in [-0.1, -0.05) is 23.2 Å². The minimum Gasteiger partial charge on any atom is -0.291 e. The highest BCUT2D eigenvalue weighted by atomic mass is 35.7. The summed E-state index contributed by atoms with van der Waals surface area (Å²) >= 11 is 8.04. The summed E-state index contributed by atoms with van der Waals surface area (Å²) in [5, 5.41) is 0. The van der Waals surface area contributed by atoms with Crippen molar-refractivity contribution in [3.8, 4) is 0 Å². The Morgan fingerprint density at radius 2 is 2.00 bits per heavy atom. The van der Waals surface area contributed by atoms with E-state index in [2.05, 4.69) is 0 Å². The molecule has 92 valence electrons. The predicted molar refractivity (Wildman–Crippen MR) is 77.5 cm³/mol. The lowest BCUT2D eigenvalue weighted by Gasteiger charge is -2.42. The summed E-state index contributed by atoms with van der Waals surface area (Å²) in [4.78, 5) is 13.5. The number of carbonyl (C=O) groups is 1. The third-order valence-corrected chi connectivity index (χ3v) is 7.27. The molecule has 5 heteroatoms. The highest BCUT2D eigenvalue weighted by Gasteiger charge is 2.55. The van der Waals surface area contributed by atoms with E-state index < -0.39 is 8.95 Å².